The van der Waals surface area contributed by atoms with Crippen LogP contribution in [0.4, 0.5) is 0 Å². The minimum atomic E-state index is 1.15. The summed E-state index contributed by atoms with van der Waals surface area (Å²) < 4.78 is 0. The van der Waals surface area contributed by atoms with Crippen LogP contribution in [0.5, 0.6) is 0 Å². The molecule has 0 aromatic rings. The Bertz CT molecular complexity index is 45.1. The molecule has 0 atom stereocenters. The smallest absolute Gasteiger partial charge is 0.0173 e. The highest BCUT2D eigenvalue weighted by molar-refractivity contribution is 4.93. The quantitative estimate of drug-likeness (QED) is 0.523. The fourth-order valence-electron chi connectivity index (χ4n) is 0.495. The number of rotatable bonds is 4. The summed E-state index contributed by atoms with van der Waals surface area (Å²) in [4.78, 5) is 0. The van der Waals surface area contributed by atoms with Crippen molar-refractivity contribution in [1.82, 2.24) is 0 Å². The van der Waals surface area contributed by atoms with Crippen molar-refractivity contribution in [3.8, 4) is 0 Å². The molecule has 0 heteroatoms. The van der Waals surface area contributed by atoms with Gasteiger partial charge in [0.05, 0.1) is 0 Å². The van der Waals surface area contributed by atoms with Crippen LogP contribution in [0.25, 0.3) is 0 Å². The highest BCUT2D eigenvalue weighted by Gasteiger charge is 1.72. The van der Waals surface area contributed by atoms with Gasteiger partial charge in [0, 0.05) is 0 Å². The van der Waals surface area contributed by atoms with Gasteiger partial charge in [-0.05, 0) is 19.3 Å². The monoisotopic (exact) mass is 111 g/mol. The number of hydrogen-bond acceptors (Lipinski definition) is 0. The molecule has 0 amide bonds. The first kappa shape index (κ1) is 7.74. The van der Waals surface area contributed by atoms with Crippen LogP contribution in [0.2, 0.25) is 0 Å². The van der Waals surface area contributed by atoms with E-state index in [4.69, 9.17) is 0 Å². The lowest BCUT2D eigenvalue weighted by Crippen LogP contribution is -1.63. The summed E-state index contributed by atoms with van der Waals surface area (Å²) in [6.45, 7) is 4.34. The molecule has 0 aromatic heterocycles. The van der Waals surface area contributed by atoms with Crippen LogP contribution < -0.4 is 0 Å². The van der Waals surface area contributed by atoms with E-state index in [1.165, 1.54) is 12.8 Å². The lowest BCUT2D eigenvalue weighted by atomic mass is 10.2. The third kappa shape index (κ3) is 5.74. The number of unbranched alkanes of at least 4 members (excludes halogenated alkanes) is 2. The van der Waals surface area contributed by atoms with Gasteiger partial charge in [-0.15, -0.1) is 0 Å². The molecule has 0 rings (SSSR count). The van der Waals surface area contributed by atoms with E-state index in [2.05, 4.69) is 32.4 Å². The first-order valence-corrected chi connectivity index (χ1v) is 3.40. The Morgan fingerprint density at radius 1 is 1.25 bits per heavy atom. The molecule has 0 aliphatic carbocycles. The van der Waals surface area contributed by atoms with Crippen molar-refractivity contribution >= 4 is 0 Å². The van der Waals surface area contributed by atoms with Crippen LogP contribution in [0.15, 0.2) is 12.2 Å². The zero-order valence-electron chi connectivity index (χ0n) is 5.85. The number of hydrogen-bond donors (Lipinski definition) is 0. The fraction of sp³-hybridized carbons (Fsp3) is 0.625. The average Bonchev–Trinajstić information content (AvgIpc) is 1.81. The van der Waals surface area contributed by atoms with Gasteiger partial charge in [0.25, 0.3) is 0 Å². The molecule has 1 radical (unpaired) electrons. The van der Waals surface area contributed by atoms with E-state index in [9.17, 15) is 0 Å². The standard InChI is InChI=1S/C8H15/c1-3-5-7-8-6-4-2/h5,7-8H,3-4,6H2,1-2H3. The molecular weight excluding hydrogens is 96.1 g/mol. The van der Waals surface area contributed by atoms with Gasteiger partial charge in [0.2, 0.25) is 0 Å². The van der Waals surface area contributed by atoms with Gasteiger partial charge in [-0.3, -0.25) is 0 Å². The molecule has 8 heavy (non-hydrogen) atoms. The zero-order chi connectivity index (χ0) is 6.24. The van der Waals surface area contributed by atoms with Crippen LogP contribution in [0, 0.1) is 6.42 Å². The van der Waals surface area contributed by atoms with E-state index in [1.807, 2.05) is 0 Å². The van der Waals surface area contributed by atoms with Gasteiger partial charge < -0.3 is 0 Å². The Hall–Kier alpha value is -0.260. The summed E-state index contributed by atoms with van der Waals surface area (Å²) in [6.07, 6.45) is 10.2. The van der Waals surface area contributed by atoms with Crippen molar-refractivity contribution in [2.45, 2.75) is 33.1 Å². The van der Waals surface area contributed by atoms with Crippen LogP contribution in [-0.2, 0) is 0 Å². The first-order chi connectivity index (χ1) is 3.91. The summed E-state index contributed by atoms with van der Waals surface area (Å²) in [5.74, 6) is 0. The van der Waals surface area contributed by atoms with Gasteiger partial charge in [-0.2, -0.15) is 0 Å². The molecule has 0 aliphatic rings. The topological polar surface area (TPSA) is 0 Å². The second kappa shape index (κ2) is 6.74. The lowest BCUT2D eigenvalue weighted by molar-refractivity contribution is 0.955. The van der Waals surface area contributed by atoms with Gasteiger partial charge in [-0.1, -0.05) is 32.4 Å². The second-order valence-corrected chi connectivity index (χ2v) is 1.86. The van der Waals surface area contributed by atoms with Crippen molar-refractivity contribution < 1.29 is 0 Å². The van der Waals surface area contributed by atoms with Crippen molar-refractivity contribution in [3.05, 3.63) is 18.6 Å². The van der Waals surface area contributed by atoms with Crippen molar-refractivity contribution in [1.29, 1.82) is 0 Å². The predicted octanol–water partition coefficient (Wildman–Crippen LogP) is 2.96. The second-order valence-electron chi connectivity index (χ2n) is 1.86. The maximum atomic E-state index is 2.21. The molecule has 0 bridgehead atoms. The molecule has 0 nitrogen and oxygen atoms in total. The first-order valence-electron chi connectivity index (χ1n) is 3.40. The Kier molecular flexibility index (Phi) is 6.52. The van der Waals surface area contributed by atoms with E-state index in [0.29, 0.717) is 0 Å². The Morgan fingerprint density at radius 2 is 2.00 bits per heavy atom. The SMILES string of the molecule is CC[CH]C=CCCC. The highest BCUT2D eigenvalue weighted by Crippen LogP contribution is 1.91. The van der Waals surface area contributed by atoms with Gasteiger partial charge >= 0.3 is 0 Å². The van der Waals surface area contributed by atoms with E-state index in [1.54, 1.807) is 0 Å². The minimum Gasteiger partial charge on any atom is -0.0882 e. The Labute approximate surface area is 52.6 Å². The summed E-state index contributed by atoms with van der Waals surface area (Å²) in [5, 5.41) is 0. The van der Waals surface area contributed by atoms with E-state index >= 15 is 0 Å². The molecular formula is C8H15. The molecule has 47 valence electrons. The van der Waals surface area contributed by atoms with Gasteiger partial charge in [-0.25, -0.2) is 0 Å². The zero-order valence-corrected chi connectivity index (χ0v) is 5.85. The van der Waals surface area contributed by atoms with E-state index in [-0.39, 0.29) is 0 Å². The summed E-state index contributed by atoms with van der Waals surface area (Å²) in [6, 6.07) is 0. The van der Waals surface area contributed by atoms with Crippen LogP contribution in [-0.4, -0.2) is 0 Å². The highest BCUT2D eigenvalue weighted by atomic mass is 13.8. The van der Waals surface area contributed by atoms with E-state index in [0.717, 1.165) is 6.42 Å². The largest absolute Gasteiger partial charge is 0.0882 e. The normalized spacial score (nSPS) is 10.8. The van der Waals surface area contributed by atoms with Crippen molar-refractivity contribution in [3.63, 3.8) is 0 Å². The third-order valence-electron chi connectivity index (χ3n) is 0.963. The third-order valence-corrected chi connectivity index (χ3v) is 0.963. The molecule has 0 saturated carbocycles. The maximum Gasteiger partial charge on any atom is -0.0173 e. The van der Waals surface area contributed by atoms with Crippen LogP contribution >= 0.6 is 0 Å². The molecule has 0 spiro atoms. The molecule has 0 heterocycles. The summed E-state index contributed by atoms with van der Waals surface area (Å²) >= 11 is 0. The Morgan fingerprint density at radius 3 is 2.50 bits per heavy atom. The summed E-state index contributed by atoms with van der Waals surface area (Å²) in [5.41, 5.74) is 0. The van der Waals surface area contributed by atoms with Gasteiger partial charge in [0.1, 0.15) is 0 Å². The molecule has 0 aliphatic heterocycles. The van der Waals surface area contributed by atoms with Gasteiger partial charge in [0.15, 0.2) is 0 Å². The summed E-state index contributed by atoms with van der Waals surface area (Å²) in [7, 11) is 0. The number of allylic oxidation sites excluding steroid dienone is 2. The molecule has 0 aromatic carbocycles. The van der Waals surface area contributed by atoms with Crippen molar-refractivity contribution in [2.75, 3.05) is 0 Å². The van der Waals surface area contributed by atoms with Crippen LogP contribution in [0.1, 0.15) is 33.1 Å². The van der Waals surface area contributed by atoms with E-state index < -0.39 is 0 Å². The molecule has 0 N–H and O–H groups in total. The Balaban J connectivity index is 2.83. The average molecular weight is 111 g/mol. The molecule has 0 saturated heterocycles. The van der Waals surface area contributed by atoms with Crippen LogP contribution in [0.3, 0.4) is 0 Å². The lowest BCUT2D eigenvalue weighted by Gasteiger charge is -1.82. The predicted molar refractivity (Wildman–Crippen MR) is 38.6 cm³/mol. The van der Waals surface area contributed by atoms with Crippen molar-refractivity contribution in [2.24, 2.45) is 0 Å². The molecule has 0 fully saturated rings. The minimum absolute atomic E-state index is 1.15. The maximum absolute atomic E-state index is 2.21. The fourth-order valence-corrected chi connectivity index (χ4v) is 0.495. The molecule has 0 unspecified atom stereocenters.